The Morgan fingerprint density at radius 2 is 2.25 bits per heavy atom. The van der Waals surface area contributed by atoms with Crippen molar-refractivity contribution in [3.63, 3.8) is 0 Å². The monoisotopic (exact) mass is 113 g/mol. The maximum atomic E-state index is 12.1. The highest BCUT2D eigenvalue weighted by molar-refractivity contribution is 6.03. The molecule has 0 saturated heterocycles. The first-order chi connectivity index (χ1) is 3.72. The van der Waals surface area contributed by atoms with Crippen LogP contribution in [0.5, 0.6) is 0 Å². The second kappa shape index (κ2) is 3.13. The molecule has 0 aromatic rings. The number of hydrogen-bond acceptors (Lipinski definition) is 1. The molecule has 0 unspecified atom stereocenters. The summed E-state index contributed by atoms with van der Waals surface area (Å²) in [6, 6.07) is 0. The van der Waals surface area contributed by atoms with Crippen molar-refractivity contribution >= 4 is 5.71 Å². The van der Waals surface area contributed by atoms with E-state index in [1.165, 1.54) is 13.0 Å². The summed E-state index contributed by atoms with van der Waals surface area (Å²) in [5.41, 5.74) is -0.160. The Bertz CT molecular complexity index is 135. The molecule has 44 valence electrons. The molecule has 0 radical (unpaired) electrons. The van der Waals surface area contributed by atoms with Crippen LogP contribution in [0, 0.1) is 5.41 Å². The van der Waals surface area contributed by atoms with Crippen LogP contribution in [-0.4, -0.2) is 5.71 Å². The fraction of sp³-hybridized carbons (Fsp3) is 0.167. The van der Waals surface area contributed by atoms with Gasteiger partial charge < -0.3 is 0 Å². The summed E-state index contributed by atoms with van der Waals surface area (Å²) in [6.07, 6.45) is 2.39. The maximum Gasteiger partial charge on any atom is 0.143 e. The predicted molar refractivity (Wildman–Crippen MR) is 32.8 cm³/mol. The van der Waals surface area contributed by atoms with Crippen LogP contribution in [0.4, 0.5) is 4.39 Å². The first kappa shape index (κ1) is 7.08. The van der Waals surface area contributed by atoms with E-state index in [2.05, 4.69) is 6.58 Å². The minimum Gasteiger partial charge on any atom is -0.298 e. The Morgan fingerprint density at radius 3 is 2.38 bits per heavy atom. The van der Waals surface area contributed by atoms with Crippen LogP contribution in [0.1, 0.15) is 6.92 Å². The molecule has 0 atom stereocenters. The molecule has 0 aliphatic carbocycles. The molecular formula is C6H8FN. The number of nitrogens with one attached hydrogen (secondary N) is 1. The van der Waals surface area contributed by atoms with Gasteiger partial charge in [0.1, 0.15) is 5.83 Å². The zero-order valence-electron chi connectivity index (χ0n) is 4.74. The third-order valence-corrected chi connectivity index (χ3v) is 0.715. The predicted octanol–water partition coefficient (Wildman–Crippen LogP) is 2.07. The minimum atomic E-state index is -0.528. The van der Waals surface area contributed by atoms with Gasteiger partial charge in [-0.25, -0.2) is 4.39 Å². The lowest BCUT2D eigenvalue weighted by Gasteiger charge is -1.86. The lowest BCUT2D eigenvalue weighted by Crippen LogP contribution is -1.88. The summed E-state index contributed by atoms with van der Waals surface area (Å²) < 4.78 is 12.1. The lowest BCUT2D eigenvalue weighted by molar-refractivity contribution is 0.679. The van der Waals surface area contributed by atoms with Gasteiger partial charge in [0.25, 0.3) is 0 Å². The van der Waals surface area contributed by atoms with Gasteiger partial charge in [-0.2, -0.15) is 0 Å². The minimum absolute atomic E-state index is 0.160. The number of halogens is 1. The van der Waals surface area contributed by atoms with E-state index in [-0.39, 0.29) is 5.71 Å². The van der Waals surface area contributed by atoms with E-state index < -0.39 is 5.83 Å². The van der Waals surface area contributed by atoms with E-state index in [0.717, 1.165) is 6.08 Å². The van der Waals surface area contributed by atoms with Crippen molar-refractivity contribution in [2.75, 3.05) is 0 Å². The van der Waals surface area contributed by atoms with E-state index in [4.69, 9.17) is 5.41 Å². The van der Waals surface area contributed by atoms with Gasteiger partial charge in [-0.3, -0.25) is 5.41 Å². The zero-order valence-corrected chi connectivity index (χ0v) is 4.74. The van der Waals surface area contributed by atoms with Crippen LogP contribution in [-0.2, 0) is 0 Å². The van der Waals surface area contributed by atoms with Crippen molar-refractivity contribution in [3.05, 3.63) is 24.6 Å². The molecule has 8 heavy (non-hydrogen) atoms. The van der Waals surface area contributed by atoms with Gasteiger partial charge in [0.2, 0.25) is 0 Å². The first-order valence-electron chi connectivity index (χ1n) is 2.25. The normalized spacial score (nSPS) is 11.0. The van der Waals surface area contributed by atoms with Gasteiger partial charge in [-0.15, -0.1) is 0 Å². The SMILES string of the molecule is C=CC(=N)/C(F)=C\C. The van der Waals surface area contributed by atoms with Gasteiger partial charge in [0.15, 0.2) is 0 Å². The second-order valence-corrected chi connectivity index (χ2v) is 1.25. The molecule has 0 rings (SSSR count). The average molecular weight is 113 g/mol. The largest absolute Gasteiger partial charge is 0.298 e. The summed E-state index contributed by atoms with van der Waals surface area (Å²) in [4.78, 5) is 0. The molecule has 2 heteroatoms. The topological polar surface area (TPSA) is 23.9 Å². The molecule has 0 aliphatic rings. The van der Waals surface area contributed by atoms with Crippen LogP contribution in [0.15, 0.2) is 24.6 Å². The third-order valence-electron chi connectivity index (χ3n) is 0.715. The number of allylic oxidation sites excluding steroid dienone is 3. The van der Waals surface area contributed by atoms with Crippen LogP contribution in [0.2, 0.25) is 0 Å². The van der Waals surface area contributed by atoms with Gasteiger partial charge in [0.05, 0.1) is 5.71 Å². The van der Waals surface area contributed by atoms with Gasteiger partial charge in [0, 0.05) is 0 Å². The summed E-state index contributed by atoms with van der Waals surface area (Å²) in [5, 5.41) is 6.78. The third kappa shape index (κ3) is 1.69. The molecule has 0 aromatic carbocycles. The Kier molecular flexibility index (Phi) is 2.77. The fourth-order valence-corrected chi connectivity index (χ4v) is 0.253. The quantitative estimate of drug-likeness (QED) is 0.530. The van der Waals surface area contributed by atoms with Crippen molar-refractivity contribution in [1.29, 1.82) is 5.41 Å². The lowest BCUT2D eigenvalue weighted by atomic mass is 10.3. The van der Waals surface area contributed by atoms with Crippen molar-refractivity contribution < 1.29 is 4.39 Å². The van der Waals surface area contributed by atoms with Gasteiger partial charge >= 0.3 is 0 Å². The van der Waals surface area contributed by atoms with E-state index in [9.17, 15) is 4.39 Å². The highest BCUT2D eigenvalue weighted by Gasteiger charge is 1.93. The zero-order chi connectivity index (χ0) is 6.57. The molecule has 1 nitrogen and oxygen atoms in total. The summed E-state index contributed by atoms with van der Waals surface area (Å²) in [6.45, 7) is 4.76. The molecule has 0 heterocycles. The molecule has 0 bridgehead atoms. The van der Waals surface area contributed by atoms with E-state index in [1.807, 2.05) is 0 Å². The fourth-order valence-electron chi connectivity index (χ4n) is 0.253. The van der Waals surface area contributed by atoms with Crippen molar-refractivity contribution in [2.45, 2.75) is 6.92 Å². The molecule has 0 saturated carbocycles. The number of hydrogen-bond donors (Lipinski definition) is 1. The highest BCUT2D eigenvalue weighted by Crippen LogP contribution is 1.96. The van der Waals surface area contributed by atoms with Crippen molar-refractivity contribution in [2.24, 2.45) is 0 Å². The van der Waals surface area contributed by atoms with E-state index in [0.29, 0.717) is 0 Å². The summed E-state index contributed by atoms with van der Waals surface area (Å²) >= 11 is 0. The second-order valence-electron chi connectivity index (χ2n) is 1.25. The molecule has 0 aromatic heterocycles. The van der Waals surface area contributed by atoms with Crippen LogP contribution < -0.4 is 0 Å². The van der Waals surface area contributed by atoms with Gasteiger partial charge in [-0.05, 0) is 19.1 Å². The molecule has 1 N–H and O–H groups in total. The highest BCUT2D eigenvalue weighted by atomic mass is 19.1. The Hall–Kier alpha value is -0.920. The van der Waals surface area contributed by atoms with Crippen molar-refractivity contribution in [3.8, 4) is 0 Å². The Labute approximate surface area is 48.0 Å². The van der Waals surface area contributed by atoms with Crippen LogP contribution in [0.25, 0.3) is 0 Å². The van der Waals surface area contributed by atoms with Gasteiger partial charge in [-0.1, -0.05) is 6.58 Å². The smallest absolute Gasteiger partial charge is 0.143 e. The molecular weight excluding hydrogens is 105 g/mol. The molecule has 0 spiro atoms. The Morgan fingerprint density at radius 1 is 1.75 bits per heavy atom. The summed E-state index contributed by atoms with van der Waals surface area (Å²) in [5.74, 6) is -0.528. The van der Waals surface area contributed by atoms with E-state index >= 15 is 0 Å². The first-order valence-corrected chi connectivity index (χ1v) is 2.25. The number of rotatable bonds is 2. The molecule has 0 amide bonds. The van der Waals surface area contributed by atoms with Crippen molar-refractivity contribution in [1.82, 2.24) is 0 Å². The molecule has 0 aliphatic heterocycles. The Balaban J connectivity index is 4.03. The molecule has 0 fully saturated rings. The average Bonchev–Trinajstić information content (AvgIpc) is 1.84. The van der Waals surface area contributed by atoms with E-state index in [1.54, 1.807) is 0 Å². The standard InChI is InChI=1S/C6H8FN/c1-3-5(7)6(8)4-2/h3-4,8H,2H2,1H3/b5-3+,8-6?. The summed E-state index contributed by atoms with van der Waals surface area (Å²) in [7, 11) is 0. The van der Waals surface area contributed by atoms with Crippen LogP contribution in [0.3, 0.4) is 0 Å². The van der Waals surface area contributed by atoms with Crippen LogP contribution >= 0.6 is 0 Å². The maximum absolute atomic E-state index is 12.1.